The first-order valence-electron chi connectivity index (χ1n) is 8.02. The molecule has 0 aromatic carbocycles. The number of aromatic nitrogens is 1. The lowest BCUT2D eigenvalue weighted by molar-refractivity contribution is 0.0440. The third-order valence-electron chi connectivity index (χ3n) is 4.06. The average molecular weight is 310 g/mol. The summed E-state index contributed by atoms with van der Waals surface area (Å²) in [5.41, 5.74) is 0.962. The Labute approximate surface area is 131 Å². The second-order valence-electron chi connectivity index (χ2n) is 5.75. The van der Waals surface area contributed by atoms with Crippen LogP contribution < -0.4 is 4.90 Å². The SMILES string of the molecule is CCCOC1CCCN(c2nc(C(C)CC)c(C=O)s2)C1. The van der Waals surface area contributed by atoms with Crippen LogP contribution in [0.3, 0.4) is 0 Å². The van der Waals surface area contributed by atoms with Crippen LogP contribution in [0.5, 0.6) is 0 Å². The molecule has 2 rings (SSSR count). The first kappa shape index (κ1) is 16.4. The minimum atomic E-state index is 0.300. The molecule has 0 N–H and O–H groups in total. The molecule has 0 bridgehead atoms. The summed E-state index contributed by atoms with van der Waals surface area (Å²) in [5.74, 6) is 0.340. The van der Waals surface area contributed by atoms with E-state index in [1.54, 1.807) is 0 Å². The molecule has 1 fully saturated rings. The van der Waals surface area contributed by atoms with Crippen molar-refractivity contribution in [1.82, 2.24) is 4.98 Å². The number of rotatable bonds is 7. The number of carbonyl (C=O) groups excluding carboxylic acids is 1. The van der Waals surface area contributed by atoms with Gasteiger partial charge in [0.25, 0.3) is 0 Å². The number of hydrogen-bond donors (Lipinski definition) is 0. The van der Waals surface area contributed by atoms with Crippen LogP contribution in [-0.4, -0.2) is 37.1 Å². The van der Waals surface area contributed by atoms with E-state index >= 15 is 0 Å². The summed E-state index contributed by atoms with van der Waals surface area (Å²) >= 11 is 1.53. The van der Waals surface area contributed by atoms with Crippen LogP contribution in [0.2, 0.25) is 0 Å². The van der Waals surface area contributed by atoms with Crippen molar-refractivity contribution in [2.24, 2.45) is 0 Å². The molecule has 0 saturated carbocycles. The Bertz CT molecular complexity index is 461. The number of thiazole rings is 1. The Kier molecular flexibility index (Phi) is 6.18. The zero-order valence-corrected chi connectivity index (χ0v) is 14.1. The molecule has 4 nitrogen and oxygen atoms in total. The van der Waals surface area contributed by atoms with Gasteiger partial charge in [-0.2, -0.15) is 0 Å². The maximum Gasteiger partial charge on any atom is 0.186 e. The van der Waals surface area contributed by atoms with Crippen molar-refractivity contribution in [3.05, 3.63) is 10.6 Å². The number of nitrogens with zero attached hydrogens (tertiary/aromatic N) is 2. The van der Waals surface area contributed by atoms with Gasteiger partial charge in [-0.1, -0.05) is 32.1 Å². The van der Waals surface area contributed by atoms with Crippen LogP contribution in [0.4, 0.5) is 5.13 Å². The number of piperidine rings is 1. The Morgan fingerprint density at radius 2 is 2.33 bits per heavy atom. The van der Waals surface area contributed by atoms with Crippen LogP contribution in [0, 0.1) is 0 Å². The number of anilines is 1. The summed E-state index contributed by atoms with van der Waals surface area (Å²) in [6, 6.07) is 0. The van der Waals surface area contributed by atoms with E-state index in [2.05, 4.69) is 25.7 Å². The van der Waals surface area contributed by atoms with E-state index in [1.807, 2.05) is 0 Å². The van der Waals surface area contributed by atoms with Gasteiger partial charge in [-0.3, -0.25) is 4.79 Å². The average Bonchev–Trinajstić information content (AvgIpc) is 2.96. The van der Waals surface area contributed by atoms with Gasteiger partial charge in [-0.05, 0) is 31.6 Å². The predicted octanol–water partition coefficient (Wildman–Crippen LogP) is 3.86. The van der Waals surface area contributed by atoms with Crippen LogP contribution in [0.1, 0.15) is 67.7 Å². The van der Waals surface area contributed by atoms with Gasteiger partial charge in [0.15, 0.2) is 11.4 Å². The minimum absolute atomic E-state index is 0.300. The molecule has 2 heterocycles. The maximum absolute atomic E-state index is 11.3. The summed E-state index contributed by atoms with van der Waals surface area (Å²) in [4.78, 5) is 19.1. The molecule has 2 unspecified atom stereocenters. The monoisotopic (exact) mass is 310 g/mol. The third-order valence-corrected chi connectivity index (χ3v) is 5.12. The lowest BCUT2D eigenvalue weighted by Gasteiger charge is -2.32. The zero-order valence-electron chi connectivity index (χ0n) is 13.3. The second kappa shape index (κ2) is 7.90. The fourth-order valence-corrected chi connectivity index (χ4v) is 3.67. The molecule has 0 aliphatic carbocycles. The van der Waals surface area contributed by atoms with Gasteiger partial charge in [0.2, 0.25) is 0 Å². The predicted molar refractivity (Wildman–Crippen MR) is 87.7 cm³/mol. The van der Waals surface area contributed by atoms with Crippen molar-refractivity contribution in [3.63, 3.8) is 0 Å². The minimum Gasteiger partial charge on any atom is -0.376 e. The Hall–Kier alpha value is -0.940. The highest BCUT2D eigenvalue weighted by Gasteiger charge is 2.24. The van der Waals surface area contributed by atoms with E-state index in [1.165, 1.54) is 11.3 Å². The number of aldehydes is 1. The summed E-state index contributed by atoms with van der Waals surface area (Å²) in [7, 11) is 0. The number of carbonyl (C=O) groups is 1. The lowest BCUT2D eigenvalue weighted by atomic mass is 10.0. The van der Waals surface area contributed by atoms with E-state index in [0.29, 0.717) is 12.0 Å². The van der Waals surface area contributed by atoms with Gasteiger partial charge in [0, 0.05) is 19.7 Å². The Morgan fingerprint density at radius 3 is 3.00 bits per heavy atom. The summed E-state index contributed by atoms with van der Waals surface area (Å²) in [6.45, 7) is 9.14. The molecule has 1 aliphatic rings. The van der Waals surface area contributed by atoms with Crippen molar-refractivity contribution < 1.29 is 9.53 Å². The van der Waals surface area contributed by atoms with Gasteiger partial charge in [-0.25, -0.2) is 4.98 Å². The Morgan fingerprint density at radius 1 is 1.52 bits per heavy atom. The fraction of sp³-hybridized carbons (Fsp3) is 0.750. The van der Waals surface area contributed by atoms with Gasteiger partial charge in [0.05, 0.1) is 16.7 Å². The van der Waals surface area contributed by atoms with Crippen molar-refractivity contribution in [2.75, 3.05) is 24.6 Å². The highest BCUT2D eigenvalue weighted by molar-refractivity contribution is 7.17. The third kappa shape index (κ3) is 4.04. The second-order valence-corrected chi connectivity index (χ2v) is 6.76. The van der Waals surface area contributed by atoms with Crippen molar-refractivity contribution in [3.8, 4) is 0 Å². The van der Waals surface area contributed by atoms with Crippen molar-refractivity contribution >= 4 is 22.8 Å². The zero-order chi connectivity index (χ0) is 15.2. The lowest BCUT2D eigenvalue weighted by Crippen LogP contribution is -2.39. The first-order valence-corrected chi connectivity index (χ1v) is 8.83. The standard InChI is InChI=1S/C16H26N2O2S/c1-4-9-20-13-7-6-8-18(10-13)16-17-15(12(3)5-2)14(11-19)21-16/h11-13H,4-10H2,1-3H3. The molecule has 0 spiro atoms. The molecule has 5 heteroatoms. The quantitative estimate of drug-likeness (QED) is 0.717. The molecule has 1 aromatic heterocycles. The van der Waals surface area contributed by atoms with E-state index in [9.17, 15) is 4.79 Å². The van der Waals surface area contributed by atoms with Gasteiger partial charge >= 0.3 is 0 Å². The largest absolute Gasteiger partial charge is 0.376 e. The highest BCUT2D eigenvalue weighted by atomic mass is 32.1. The fourth-order valence-electron chi connectivity index (χ4n) is 2.63. The molecule has 1 saturated heterocycles. The van der Waals surface area contributed by atoms with Crippen LogP contribution in [0.25, 0.3) is 0 Å². The van der Waals surface area contributed by atoms with E-state index in [0.717, 1.165) is 67.4 Å². The van der Waals surface area contributed by atoms with Crippen LogP contribution in [0.15, 0.2) is 0 Å². The maximum atomic E-state index is 11.3. The molecule has 21 heavy (non-hydrogen) atoms. The van der Waals surface area contributed by atoms with Gasteiger partial charge < -0.3 is 9.64 Å². The first-order chi connectivity index (χ1) is 10.2. The van der Waals surface area contributed by atoms with Gasteiger partial charge in [0.1, 0.15) is 0 Å². The Balaban J connectivity index is 2.10. The summed E-state index contributed by atoms with van der Waals surface area (Å²) in [6.07, 6.45) is 5.57. The van der Waals surface area contributed by atoms with E-state index in [-0.39, 0.29) is 0 Å². The molecule has 0 radical (unpaired) electrons. The molecular formula is C16H26N2O2S. The summed E-state index contributed by atoms with van der Waals surface area (Å²) in [5, 5.41) is 0.984. The molecule has 2 atom stereocenters. The molecule has 118 valence electrons. The number of ether oxygens (including phenoxy) is 1. The molecule has 0 amide bonds. The molecule has 1 aromatic rings. The highest BCUT2D eigenvalue weighted by Crippen LogP contribution is 2.32. The van der Waals surface area contributed by atoms with E-state index in [4.69, 9.17) is 9.72 Å². The molecular weight excluding hydrogens is 284 g/mol. The molecule has 1 aliphatic heterocycles. The van der Waals surface area contributed by atoms with Gasteiger partial charge in [-0.15, -0.1) is 0 Å². The number of hydrogen-bond acceptors (Lipinski definition) is 5. The normalized spacial score (nSPS) is 20.5. The van der Waals surface area contributed by atoms with E-state index < -0.39 is 0 Å². The van der Waals surface area contributed by atoms with Crippen LogP contribution >= 0.6 is 11.3 Å². The van der Waals surface area contributed by atoms with Crippen molar-refractivity contribution in [1.29, 1.82) is 0 Å². The van der Waals surface area contributed by atoms with Crippen LogP contribution in [-0.2, 0) is 4.74 Å². The van der Waals surface area contributed by atoms with Crippen molar-refractivity contribution in [2.45, 2.75) is 58.5 Å². The topological polar surface area (TPSA) is 42.4 Å². The smallest absolute Gasteiger partial charge is 0.186 e. The summed E-state index contributed by atoms with van der Waals surface area (Å²) < 4.78 is 5.88.